The van der Waals surface area contributed by atoms with Crippen molar-refractivity contribution in [3.05, 3.63) is 77.7 Å². The first-order valence-corrected chi connectivity index (χ1v) is 8.78. The van der Waals surface area contributed by atoms with Gasteiger partial charge in [0.1, 0.15) is 23.9 Å². The molecule has 2 aromatic carbocycles. The summed E-state index contributed by atoms with van der Waals surface area (Å²) in [5.74, 6) is 10.7. The molecule has 5 N–H and O–H groups in total. The minimum atomic E-state index is -0.338. The monoisotopic (exact) mass is 397 g/mol. The molecule has 0 bridgehead atoms. The molecule has 0 atom stereocenters. The third kappa shape index (κ3) is 6.00. The second-order valence-corrected chi connectivity index (χ2v) is 6.13. The fourth-order valence-electron chi connectivity index (χ4n) is 2.69. The van der Waals surface area contributed by atoms with Gasteiger partial charge in [0.2, 0.25) is 6.41 Å². The predicted octanol–water partition coefficient (Wildman–Crippen LogP) is 2.69. The second-order valence-electron chi connectivity index (χ2n) is 6.13. The summed E-state index contributed by atoms with van der Waals surface area (Å²) in [4.78, 5) is 13.0. The molecule has 1 aromatic heterocycles. The summed E-state index contributed by atoms with van der Waals surface area (Å²) < 4.78 is 19.8. The number of nitrogens with zero attached hydrogens (tertiary/aromatic N) is 2. The number of para-hydroxylation sites is 1. The molecule has 29 heavy (non-hydrogen) atoms. The van der Waals surface area contributed by atoms with Crippen LogP contribution in [0.3, 0.4) is 0 Å². The van der Waals surface area contributed by atoms with Crippen LogP contribution in [0, 0.1) is 12.7 Å². The summed E-state index contributed by atoms with van der Waals surface area (Å²) in [6, 6.07) is 16.3. The van der Waals surface area contributed by atoms with Gasteiger partial charge in [-0.15, -0.1) is 0 Å². The maximum absolute atomic E-state index is 13.9. The number of pyridine rings is 1. The summed E-state index contributed by atoms with van der Waals surface area (Å²) in [6.07, 6.45) is 1.98. The lowest BCUT2D eigenvalue weighted by Crippen LogP contribution is -2.26. The van der Waals surface area contributed by atoms with Gasteiger partial charge in [0.05, 0.1) is 5.69 Å². The van der Waals surface area contributed by atoms with E-state index in [9.17, 15) is 4.39 Å². The number of aryl methyl sites for hydroxylation is 1. The Balaban J connectivity index is 0.000000687. The average Bonchev–Trinajstić information content (AvgIpc) is 2.73. The Bertz CT molecular complexity index is 950. The van der Waals surface area contributed by atoms with Gasteiger partial charge in [-0.2, -0.15) is 0 Å². The molecule has 3 aromatic rings. The van der Waals surface area contributed by atoms with Crippen LogP contribution in [0.15, 0.2) is 60.8 Å². The van der Waals surface area contributed by atoms with Crippen molar-refractivity contribution in [2.24, 2.45) is 11.7 Å². The molecule has 0 saturated heterocycles. The van der Waals surface area contributed by atoms with Crippen molar-refractivity contribution in [1.82, 2.24) is 10.4 Å². The lowest BCUT2D eigenvalue weighted by Gasteiger charge is -2.18. The fraction of sp³-hybridized carbons (Fsp3) is 0.143. The van der Waals surface area contributed by atoms with E-state index in [1.807, 2.05) is 49.4 Å². The molecule has 0 aliphatic heterocycles. The molecular weight excluding hydrogens is 373 g/mol. The number of hydrazine groups is 2. The maximum atomic E-state index is 13.9. The predicted molar refractivity (Wildman–Crippen MR) is 111 cm³/mol. The number of nitrogens with one attached hydrogen (secondary N) is 1. The molecule has 0 saturated carbocycles. The van der Waals surface area contributed by atoms with Crippen molar-refractivity contribution >= 4 is 12.1 Å². The number of hydrogen-bond donors (Lipinski definition) is 3. The van der Waals surface area contributed by atoms with Gasteiger partial charge in [0.15, 0.2) is 0 Å². The topological polar surface area (TPSA) is 106 Å². The van der Waals surface area contributed by atoms with E-state index in [1.165, 1.54) is 6.07 Å². The number of amides is 1. The Morgan fingerprint density at radius 3 is 2.55 bits per heavy atom. The molecule has 1 heterocycles. The first kappa shape index (κ1) is 21.8. The zero-order valence-electron chi connectivity index (χ0n) is 16.3. The van der Waals surface area contributed by atoms with E-state index in [0.29, 0.717) is 18.7 Å². The minimum absolute atomic E-state index is 0.338. The quantitative estimate of drug-likeness (QED) is 0.256. The first-order valence-electron chi connectivity index (χ1n) is 8.78. The molecule has 0 aliphatic carbocycles. The van der Waals surface area contributed by atoms with E-state index < -0.39 is 0 Å². The number of carbonyl (C=O) groups excluding carboxylic acids is 1. The molecule has 0 radical (unpaired) electrons. The Kier molecular flexibility index (Phi) is 8.08. The van der Waals surface area contributed by atoms with Gasteiger partial charge in [-0.05, 0) is 48.9 Å². The highest BCUT2D eigenvalue weighted by Gasteiger charge is 2.10. The lowest BCUT2D eigenvalue weighted by molar-refractivity contribution is -0.109. The molecule has 1 amide bonds. The van der Waals surface area contributed by atoms with Gasteiger partial charge >= 0.3 is 0 Å². The van der Waals surface area contributed by atoms with Crippen LogP contribution in [0.25, 0.3) is 11.3 Å². The van der Waals surface area contributed by atoms with E-state index in [-0.39, 0.29) is 5.82 Å². The van der Waals surface area contributed by atoms with Crippen molar-refractivity contribution in [1.29, 1.82) is 0 Å². The number of benzene rings is 2. The van der Waals surface area contributed by atoms with Crippen LogP contribution in [0.2, 0.25) is 0 Å². The first-order chi connectivity index (χ1) is 14.0. The van der Waals surface area contributed by atoms with Gasteiger partial charge in [-0.1, -0.05) is 18.2 Å². The third-order valence-corrected chi connectivity index (χ3v) is 4.03. The highest BCUT2D eigenvalue weighted by Crippen LogP contribution is 2.28. The number of ether oxygens (including phenoxy) is 1. The number of carbonyl (C=O) groups is 1. The maximum Gasteiger partial charge on any atom is 0.221 e. The average molecular weight is 397 g/mol. The SMILES string of the molecule is Cc1cc(-c2ncccc2F)ccc1OCc1ccccc1N(C)N.NNC=O. The van der Waals surface area contributed by atoms with Crippen molar-refractivity contribution in [3.8, 4) is 17.0 Å². The summed E-state index contributed by atoms with van der Waals surface area (Å²) in [7, 11) is 1.79. The second kappa shape index (κ2) is 10.7. The molecule has 3 rings (SSSR count). The van der Waals surface area contributed by atoms with Crippen molar-refractivity contribution in [3.63, 3.8) is 0 Å². The van der Waals surface area contributed by atoms with E-state index in [4.69, 9.17) is 15.4 Å². The van der Waals surface area contributed by atoms with E-state index in [2.05, 4.69) is 10.8 Å². The molecule has 0 spiro atoms. The largest absolute Gasteiger partial charge is 0.489 e. The Morgan fingerprint density at radius 2 is 1.93 bits per heavy atom. The van der Waals surface area contributed by atoms with Crippen molar-refractivity contribution < 1.29 is 13.9 Å². The van der Waals surface area contributed by atoms with Crippen LogP contribution in [-0.4, -0.2) is 18.4 Å². The molecule has 8 heteroatoms. The normalized spacial score (nSPS) is 9.83. The summed E-state index contributed by atoms with van der Waals surface area (Å²) in [5.41, 5.74) is 5.64. The molecule has 7 nitrogen and oxygen atoms in total. The van der Waals surface area contributed by atoms with Crippen LogP contribution in [0.4, 0.5) is 10.1 Å². The number of nitrogens with two attached hydrogens (primary N) is 2. The number of aromatic nitrogens is 1. The minimum Gasteiger partial charge on any atom is -0.489 e. The van der Waals surface area contributed by atoms with Crippen LogP contribution in [-0.2, 0) is 11.4 Å². The highest BCUT2D eigenvalue weighted by molar-refractivity contribution is 5.62. The molecule has 0 fully saturated rings. The number of halogens is 1. The zero-order chi connectivity index (χ0) is 21.2. The summed E-state index contributed by atoms with van der Waals surface area (Å²) in [6.45, 7) is 2.33. The lowest BCUT2D eigenvalue weighted by atomic mass is 10.1. The Hall–Kier alpha value is -3.49. The molecule has 152 valence electrons. The Morgan fingerprint density at radius 1 is 1.21 bits per heavy atom. The van der Waals surface area contributed by atoms with Crippen molar-refractivity contribution in [2.45, 2.75) is 13.5 Å². The van der Waals surface area contributed by atoms with E-state index in [0.717, 1.165) is 28.1 Å². The number of anilines is 1. The van der Waals surface area contributed by atoms with Gasteiger partial charge < -0.3 is 9.75 Å². The molecule has 0 aliphatic rings. The van der Waals surface area contributed by atoms with E-state index in [1.54, 1.807) is 29.7 Å². The van der Waals surface area contributed by atoms with Crippen molar-refractivity contribution in [2.75, 3.05) is 12.1 Å². The van der Waals surface area contributed by atoms with Crippen LogP contribution < -0.4 is 26.9 Å². The zero-order valence-corrected chi connectivity index (χ0v) is 16.3. The van der Waals surface area contributed by atoms with Gasteiger partial charge in [0, 0.05) is 24.4 Å². The fourth-order valence-corrected chi connectivity index (χ4v) is 2.69. The molecular formula is C21H24FN5O2. The standard InChI is InChI=1S/C20H20FN3O.CH4N2O/c1-14-12-15(20-17(21)7-5-11-23-20)9-10-19(14)25-13-16-6-3-4-8-18(16)24(2)22;2-3-1-4/h3-12H,13,22H2,1-2H3;1H,2H2,(H,3,4). The molecule has 0 unspecified atom stereocenters. The van der Waals surface area contributed by atoms with Gasteiger partial charge in [0.25, 0.3) is 0 Å². The van der Waals surface area contributed by atoms with Crippen LogP contribution in [0.1, 0.15) is 11.1 Å². The van der Waals surface area contributed by atoms with E-state index >= 15 is 0 Å². The summed E-state index contributed by atoms with van der Waals surface area (Å²) in [5, 5.41) is 1.57. The van der Waals surface area contributed by atoms with Gasteiger partial charge in [-0.3, -0.25) is 15.2 Å². The smallest absolute Gasteiger partial charge is 0.221 e. The third-order valence-electron chi connectivity index (χ3n) is 4.03. The van der Waals surface area contributed by atoms with Crippen LogP contribution >= 0.6 is 0 Å². The Labute approximate surface area is 169 Å². The number of rotatable bonds is 6. The highest BCUT2D eigenvalue weighted by atomic mass is 19.1. The summed E-state index contributed by atoms with van der Waals surface area (Å²) >= 11 is 0. The van der Waals surface area contributed by atoms with Gasteiger partial charge in [-0.25, -0.2) is 16.1 Å². The number of hydrogen-bond acceptors (Lipinski definition) is 6. The van der Waals surface area contributed by atoms with Crippen LogP contribution in [0.5, 0.6) is 5.75 Å².